The molecule has 0 N–H and O–H groups in total. The van der Waals surface area contributed by atoms with Crippen LogP contribution in [0.5, 0.6) is 0 Å². The molecule has 0 saturated heterocycles. The molecule has 0 spiro atoms. The highest BCUT2D eigenvalue weighted by Crippen LogP contribution is 2.08. The average molecular weight is 175 g/mol. The molecule has 0 unspecified atom stereocenters. The fourth-order valence-corrected chi connectivity index (χ4v) is 1.59. The van der Waals surface area contributed by atoms with Crippen LogP contribution in [0.15, 0.2) is 0 Å². The second-order valence-corrected chi connectivity index (χ2v) is 3.12. The molecule has 0 aromatic heterocycles. The number of quaternary nitrogens is 1. The predicted octanol–water partition coefficient (Wildman–Crippen LogP) is 0.545. The highest BCUT2D eigenvalue weighted by atomic mass is 16.7. The Morgan fingerprint density at radius 3 is 1.83 bits per heavy atom. The molecule has 74 valence electrons. The van der Waals surface area contributed by atoms with Gasteiger partial charge in [-0.3, -0.25) is 0 Å². The van der Waals surface area contributed by atoms with Crippen molar-refractivity contribution in [3.63, 3.8) is 0 Å². The molecule has 0 radical (unpaired) electrons. The molecule has 3 heteroatoms. The highest BCUT2D eigenvalue weighted by Gasteiger charge is 2.23. The van der Waals surface area contributed by atoms with Gasteiger partial charge in [-0.1, -0.05) is 20.5 Å². The molecule has 12 heavy (non-hydrogen) atoms. The summed E-state index contributed by atoms with van der Waals surface area (Å²) < 4.78 is 0.538. The second kappa shape index (κ2) is 6.40. The normalized spacial score (nSPS) is 12.0. The third kappa shape index (κ3) is 3.52. The molecular formula is C9H21NO2. The van der Waals surface area contributed by atoms with Crippen molar-refractivity contribution < 1.29 is 14.6 Å². The van der Waals surface area contributed by atoms with Crippen molar-refractivity contribution in [2.45, 2.75) is 26.7 Å². The van der Waals surface area contributed by atoms with E-state index >= 15 is 0 Å². The number of hydroxylamine groups is 3. The van der Waals surface area contributed by atoms with Gasteiger partial charge >= 0.3 is 0 Å². The van der Waals surface area contributed by atoms with E-state index in [0.29, 0.717) is 11.2 Å². The molecule has 3 nitrogen and oxygen atoms in total. The van der Waals surface area contributed by atoms with Crippen LogP contribution in [-0.4, -0.2) is 38.0 Å². The van der Waals surface area contributed by atoms with Crippen molar-refractivity contribution in [3.8, 4) is 0 Å². The summed E-state index contributed by atoms with van der Waals surface area (Å²) in [6, 6.07) is 0. The standard InChI is InChI=1S/C9H21NO2/c1-4-6-10(12-3,7-5-2)8-9-11/h4-9H2,1-3H3. The summed E-state index contributed by atoms with van der Waals surface area (Å²) in [7, 11) is 1.70. The van der Waals surface area contributed by atoms with E-state index < -0.39 is 0 Å². The lowest BCUT2D eigenvalue weighted by Gasteiger charge is -2.35. The Morgan fingerprint density at radius 1 is 1.08 bits per heavy atom. The molecule has 0 fully saturated rings. The van der Waals surface area contributed by atoms with Crippen LogP contribution in [0.4, 0.5) is 0 Å². The molecule has 0 rings (SSSR count). The van der Waals surface area contributed by atoms with E-state index in [1.54, 1.807) is 7.11 Å². The Morgan fingerprint density at radius 2 is 1.58 bits per heavy atom. The predicted molar refractivity (Wildman–Crippen MR) is 47.3 cm³/mol. The lowest BCUT2D eigenvalue weighted by molar-refractivity contribution is -1.10. The fourth-order valence-electron chi connectivity index (χ4n) is 1.59. The lowest BCUT2D eigenvalue weighted by atomic mass is 10.3. The largest absolute Gasteiger partial charge is 0.850 e. The van der Waals surface area contributed by atoms with Crippen molar-refractivity contribution in [2.75, 3.05) is 33.4 Å². The summed E-state index contributed by atoms with van der Waals surface area (Å²) in [5.41, 5.74) is 0. The van der Waals surface area contributed by atoms with E-state index in [-0.39, 0.29) is 6.61 Å². The van der Waals surface area contributed by atoms with Gasteiger partial charge in [0.05, 0.1) is 13.7 Å². The van der Waals surface area contributed by atoms with Crippen LogP contribution < -0.4 is 5.11 Å². The molecule has 0 aliphatic carbocycles. The van der Waals surface area contributed by atoms with Crippen molar-refractivity contribution in [1.82, 2.24) is 0 Å². The van der Waals surface area contributed by atoms with Crippen LogP contribution in [0.2, 0.25) is 0 Å². The molecule has 0 aliphatic heterocycles. The second-order valence-electron chi connectivity index (χ2n) is 3.12. The van der Waals surface area contributed by atoms with Gasteiger partial charge in [-0.2, -0.15) is 4.65 Å². The van der Waals surface area contributed by atoms with Gasteiger partial charge in [0.1, 0.15) is 13.1 Å². The zero-order valence-corrected chi connectivity index (χ0v) is 8.51. The van der Waals surface area contributed by atoms with Crippen LogP contribution in [0.1, 0.15) is 26.7 Å². The third-order valence-electron chi connectivity index (χ3n) is 2.15. The number of nitrogens with zero attached hydrogens (tertiary/aromatic N) is 1. The first-order chi connectivity index (χ1) is 5.74. The van der Waals surface area contributed by atoms with Gasteiger partial charge in [0.15, 0.2) is 0 Å². The van der Waals surface area contributed by atoms with E-state index in [1.807, 2.05) is 0 Å². The maximum atomic E-state index is 10.6. The minimum absolute atomic E-state index is 0.0478. The van der Waals surface area contributed by atoms with Crippen LogP contribution in [-0.2, 0) is 4.84 Å². The van der Waals surface area contributed by atoms with Gasteiger partial charge in [-0.05, 0) is 12.8 Å². The van der Waals surface area contributed by atoms with Gasteiger partial charge in [-0.25, -0.2) is 4.84 Å². The third-order valence-corrected chi connectivity index (χ3v) is 2.15. The molecule has 0 aliphatic rings. The van der Waals surface area contributed by atoms with Gasteiger partial charge in [-0.15, -0.1) is 0 Å². The molecule has 0 bridgehead atoms. The monoisotopic (exact) mass is 175 g/mol. The van der Waals surface area contributed by atoms with E-state index in [4.69, 9.17) is 4.84 Å². The van der Waals surface area contributed by atoms with Crippen LogP contribution >= 0.6 is 0 Å². The SMILES string of the molecule is CCC[N+](CCC)(CC[O-])OC. The van der Waals surface area contributed by atoms with E-state index in [0.717, 1.165) is 25.9 Å². The first kappa shape index (κ1) is 11.9. The van der Waals surface area contributed by atoms with Crippen molar-refractivity contribution in [2.24, 2.45) is 0 Å². The highest BCUT2D eigenvalue weighted by molar-refractivity contribution is 4.34. The first-order valence-corrected chi connectivity index (χ1v) is 4.74. The van der Waals surface area contributed by atoms with Crippen LogP contribution in [0, 0.1) is 0 Å². The quantitative estimate of drug-likeness (QED) is 0.418. The van der Waals surface area contributed by atoms with E-state index in [9.17, 15) is 5.11 Å². The van der Waals surface area contributed by atoms with Crippen molar-refractivity contribution in [1.29, 1.82) is 0 Å². The minimum Gasteiger partial charge on any atom is -0.850 e. The zero-order chi connectivity index (χ0) is 9.45. The van der Waals surface area contributed by atoms with E-state index in [1.165, 1.54) is 0 Å². The van der Waals surface area contributed by atoms with Gasteiger partial charge in [0.2, 0.25) is 0 Å². The first-order valence-electron chi connectivity index (χ1n) is 4.74. The number of hydrogen-bond donors (Lipinski definition) is 0. The van der Waals surface area contributed by atoms with Crippen LogP contribution in [0.3, 0.4) is 0 Å². The number of rotatable bonds is 7. The summed E-state index contributed by atoms with van der Waals surface area (Å²) in [5.74, 6) is 0. The van der Waals surface area contributed by atoms with E-state index in [2.05, 4.69) is 13.8 Å². The van der Waals surface area contributed by atoms with Crippen molar-refractivity contribution in [3.05, 3.63) is 0 Å². The van der Waals surface area contributed by atoms with Gasteiger partial charge in [0, 0.05) is 0 Å². The van der Waals surface area contributed by atoms with Crippen LogP contribution in [0.25, 0.3) is 0 Å². The topological polar surface area (TPSA) is 32.3 Å². The maximum absolute atomic E-state index is 10.6. The summed E-state index contributed by atoms with van der Waals surface area (Å²) in [5, 5.41) is 10.6. The molecule has 0 atom stereocenters. The molecule has 0 heterocycles. The zero-order valence-electron chi connectivity index (χ0n) is 8.51. The molecule has 0 aromatic rings. The summed E-state index contributed by atoms with van der Waals surface area (Å²) in [6.07, 6.45) is 2.13. The minimum atomic E-state index is -0.0478. The summed E-state index contributed by atoms with van der Waals surface area (Å²) >= 11 is 0. The Kier molecular flexibility index (Phi) is 6.34. The smallest absolute Gasteiger partial charge is 0.109 e. The molecule has 0 saturated carbocycles. The summed E-state index contributed by atoms with van der Waals surface area (Å²) in [6.45, 7) is 6.68. The Labute approximate surface area is 75.5 Å². The van der Waals surface area contributed by atoms with Crippen molar-refractivity contribution >= 4 is 0 Å². The average Bonchev–Trinajstić information content (AvgIpc) is 2.06. The maximum Gasteiger partial charge on any atom is 0.109 e. The molecule has 0 aromatic carbocycles. The Bertz CT molecular complexity index is 89.7. The lowest BCUT2D eigenvalue weighted by Crippen LogP contribution is -2.51. The van der Waals surface area contributed by atoms with Gasteiger partial charge in [0.25, 0.3) is 0 Å². The molecular weight excluding hydrogens is 154 g/mol. The Hall–Kier alpha value is -0.120. The summed E-state index contributed by atoms with van der Waals surface area (Å²) in [4.78, 5) is 5.40. The number of hydrogen-bond acceptors (Lipinski definition) is 2. The Balaban J connectivity index is 4.06. The van der Waals surface area contributed by atoms with Gasteiger partial charge < -0.3 is 5.11 Å². The fraction of sp³-hybridized carbons (Fsp3) is 1.00. The molecule has 0 amide bonds.